The maximum Gasteiger partial charge on any atom is 0.238 e. The van der Waals surface area contributed by atoms with Crippen molar-refractivity contribution in [3.8, 4) is 6.57 Å². The molecule has 0 radical (unpaired) electrons. The summed E-state index contributed by atoms with van der Waals surface area (Å²) in [5.41, 5.74) is 1.22. The summed E-state index contributed by atoms with van der Waals surface area (Å²) in [4.78, 5) is 13.2. The molecule has 1 aliphatic carbocycles. The maximum absolute atomic E-state index is 15.0. The van der Waals surface area contributed by atoms with Crippen molar-refractivity contribution in [2.24, 2.45) is 11.3 Å². The lowest BCUT2D eigenvalue weighted by Gasteiger charge is -2.30. The Morgan fingerprint density at radius 3 is 2.12 bits per heavy atom. The van der Waals surface area contributed by atoms with Crippen LogP contribution in [0.2, 0.25) is 10.0 Å². The van der Waals surface area contributed by atoms with Crippen LogP contribution in [0.4, 0.5) is 8.78 Å². The van der Waals surface area contributed by atoms with E-state index in [2.05, 4.69) is 51.8 Å². The average Bonchev–Trinajstić information content (AvgIpc) is 3.33. The number of carbonyl (C=O) groups excluding carboxylic acids is 1. The fourth-order valence-electron chi connectivity index (χ4n) is 4.97. The second-order valence-corrected chi connectivity index (χ2v) is 12.6. The second kappa shape index (κ2) is 16.9. The lowest BCUT2D eigenvalue weighted by molar-refractivity contribution is -0.124. The van der Waals surface area contributed by atoms with Gasteiger partial charge in [0.05, 0.1) is 11.1 Å². The molecule has 40 heavy (non-hydrogen) atoms. The maximum atomic E-state index is 15.0. The number of nitrogens with zero attached hydrogens (tertiary/aromatic N) is 1. The normalized spacial score (nSPS) is 23.8. The zero-order chi connectivity index (χ0) is 30.6. The van der Waals surface area contributed by atoms with Gasteiger partial charge in [-0.3, -0.25) is 4.79 Å². The molecule has 222 valence electrons. The Morgan fingerprint density at radius 1 is 1.00 bits per heavy atom. The van der Waals surface area contributed by atoms with Gasteiger partial charge in [0.2, 0.25) is 5.91 Å². The highest BCUT2D eigenvalue weighted by atomic mass is 35.5. The summed E-state index contributed by atoms with van der Waals surface area (Å²) < 4.78 is 29.8. The molecule has 2 aromatic carbocycles. The SMILES string of the molecule is C#N.CC.CC(C)(C)C.CC1CCC(NC(=O)C2NCC(c3ccc(Cl)cc3F)[C@H]2c2cccc(Cl)c2F)CC1. The molecule has 2 fully saturated rings. The van der Waals surface area contributed by atoms with Gasteiger partial charge in [-0.2, -0.15) is 0 Å². The van der Waals surface area contributed by atoms with E-state index in [1.807, 2.05) is 13.8 Å². The Balaban J connectivity index is 0.000000789. The monoisotopic (exact) mass is 595 g/mol. The van der Waals surface area contributed by atoms with Crippen molar-refractivity contribution >= 4 is 29.1 Å². The predicted molar refractivity (Wildman–Crippen MR) is 163 cm³/mol. The molecular weight excluding hydrogens is 551 g/mol. The molecular formula is C32H45Cl2F2N3O. The van der Waals surface area contributed by atoms with Gasteiger partial charge in [0.1, 0.15) is 11.6 Å². The van der Waals surface area contributed by atoms with E-state index >= 15 is 4.39 Å². The fourth-order valence-corrected chi connectivity index (χ4v) is 5.31. The molecule has 8 heteroatoms. The molecule has 2 unspecified atom stereocenters. The highest BCUT2D eigenvalue weighted by molar-refractivity contribution is 6.31. The highest BCUT2D eigenvalue weighted by Crippen LogP contribution is 2.43. The topological polar surface area (TPSA) is 64.9 Å². The van der Waals surface area contributed by atoms with Gasteiger partial charge in [0.15, 0.2) is 0 Å². The van der Waals surface area contributed by atoms with Gasteiger partial charge in [-0.25, -0.2) is 14.0 Å². The summed E-state index contributed by atoms with van der Waals surface area (Å²) in [7, 11) is 0. The van der Waals surface area contributed by atoms with Crippen molar-refractivity contribution in [1.29, 1.82) is 5.26 Å². The summed E-state index contributed by atoms with van der Waals surface area (Å²) in [5.74, 6) is -1.58. The quantitative estimate of drug-likeness (QED) is 0.370. The lowest BCUT2D eigenvalue weighted by atomic mass is 9.79. The Hall–Kier alpha value is -2.20. The molecule has 3 atom stereocenters. The van der Waals surface area contributed by atoms with E-state index in [-0.39, 0.29) is 17.0 Å². The van der Waals surface area contributed by atoms with E-state index in [1.54, 1.807) is 24.3 Å². The van der Waals surface area contributed by atoms with Gasteiger partial charge in [0.25, 0.3) is 0 Å². The molecule has 0 spiro atoms. The van der Waals surface area contributed by atoms with Crippen LogP contribution in [0.15, 0.2) is 36.4 Å². The number of hydrogen-bond donors (Lipinski definition) is 2. The first-order valence-electron chi connectivity index (χ1n) is 14.0. The zero-order valence-corrected chi connectivity index (χ0v) is 26.3. The summed E-state index contributed by atoms with van der Waals surface area (Å²) in [6, 6.07) is 8.66. The zero-order valence-electron chi connectivity index (χ0n) is 24.8. The van der Waals surface area contributed by atoms with Crippen LogP contribution in [-0.4, -0.2) is 24.5 Å². The van der Waals surface area contributed by atoms with Crippen LogP contribution in [0.1, 0.15) is 97.1 Å². The molecule has 0 bridgehead atoms. The number of hydrogen-bond acceptors (Lipinski definition) is 3. The number of rotatable bonds is 4. The fraction of sp³-hybridized carbons (Fsp3) is 0.562. The number of amides is 1. The van der Waals surface area contributed by atoms with E-state index in [4.69, 9.17) is 28.5 Å². The highest BCUT2D eigenvalue weighted by Gasteiger charge is 2.44. The first-order chi connectivity index (χ1) is 18.8. The minimum absolute atomic E-state index is 0.0137. The van der Waals surface area contributed by atoms with Crippen molar-refractivity contribution in [3.63, 3.8) is 0 Å². The van der Waals surface area contributed by atoms with Crippen LogP contribution in [-0.2, 0) is 4.79 Å². The van der Waals surface area contributed by atoms with E-state index in [0.29, 0.717) is 34.0 Å². The third kappa shape index (κ3) is 10.7. The van der Waals surface area contributed by atoms with E-state index < -0.39 is 29.5 Å². The first kappa shape index (κ1) is 35.8. The summed E-state index contributed by atoms with van der Waals surface area (Å²) in [5, 5.41) is 13.1. The van der Waals surface area contributed by atoms with Crippen LogP contribution >= 0.6 is 23.2 Å². The third-order valence-corrected chi connectivity index (χ3v) is 7.22. The van der Waals surface area contributed by atoms with E-state index in [9.17, 15) is 9.18 Å². The Morgan fingerprint density at radius 2 is 1.57 bits per heavy atom. The molecule has 0 aromatic heterocycles. The van der Waals surface area contributed by atoms with Crippen molar-refractivity contribution in [3.05, 3.63) is 69.2 Å². The van der Waals surface area contributed by atoms with Crippen molar-refractivity contribution in [1.82, 2.24) is 10.6 Å². The van der Waals surface area contributed by atoms with Gasteiger partial charge in [-0.05, 0) is 66.3 Å². The van der Waals surface area contributed by atoms with Gasteiger partial charge in [0, 0.05) is 36.0 Å². The molecule has 1 saturated heterocycles. The number of benzene rings is 2. The Kier molecular flexibility index (Phi) is 15.2. The predicted octanol–water partition coefficient (Wildman–Crippen LogP) is 9.02. The molecule has 1 heterocycles. The van der Waals surface area contributed by atoms with E-state index in [1.165, 1.54) is 12.1 Å². The summed E-state index contributed by atoms with van der Waals surface area (Å²) >= 11 is 12.0. The van der Waals surface area contributed by atoms with Crippen LogP contribution < -0.4 is 10.6 Å². The van der Waals surface area contributed by atoms with Crippen LogP contribution in [0.3, 0.4) is 0 Å². The number of halogens is 4. The molecule has 2 aromatic rings. The lowest BCUT2D eigenvalue weighted by Crippen LogP contribution is -2.48. The molecule has 1 saturated carbocycles. The second-order valence-electron chi connectivity index (χ2n) is 11.8. The third-order valence-electron chi connectivity index (χ3n) is 6.70. The summed E-state index contributed by atoms with van der Waals surface area (Å²) in [6.45, 7) is 18.8. The molecule has 4 nitrogen and oxygen atoms in total. The minimum Gasteiger partial charge on any atom is -0.352 e. The number of nitrogens with one attached hydrogen (secondary N) is 2. The van der Waals surface area contributed by atoms with Crippen molar-refractivity contribution < 1.29 is 13.6 Å². The standard InChI is InChI=1S/C24H26Cl2F2N2O.C5H12.C2H6.CHN/c1-13-5-8-15(9-6-13)30-24(31)23-21(17-3-2-4-19(26)22(17)28)18(12-29-23)16-10-7-14(25)11-20(16)27;1-5(2,3)4;2*1-2/h2-4,7,10-11,13,15,18,21,23,29H,5-6,8-9,12H2,1H3,(H,30,31);1-4H3;1-2H3;1H/t13?,15?,18?,21-,23?;;;/m1.../s1. The van der Waals surface area contributed by atoms with E-state index in [0.717, 1.165) is 25.7 Å². The number of nitriles is 1. The molecule has 4 rings (SSSR count). The van der Waals surface area contributed by atoms with Gasteiger partial charge in [-0.1, -0.05) is 89.9 Å². The number of carbonyl (C=O) groups is 1. The van der Waals surface area contributed by atoms with Gasteiger partial charge < -0.3 is 10.6 Å². The molecule has 1 aliphatic heterocycles. The summed E-state index contributed by atoms with van der Waals surface area (Å²) in [6.07, 6.45) is 4.03. The largest absolute Gasteiger partial charge is 0.352 e. The van der Waals surface area contributed by atoms with Gasteiger partial charge in [-0.15, -0.1) is 0 Å². The van der Waals surface area contributed by atoms with Crippen molar-refractivity contribution in [2.75, 3.05) is 6.54 Å². The van der Waals surface area contributed by atoms with Crippen molar-refractivity contribution in [2.45, 2.75) is 98.1 Å². The molecule has 2 aliphatic rings. The Bertz CT molecular complexity index is 1090. The minimum atomic E-state index is -0.688. The van der Waals surface area contributed by atoms with Gasteiger partial charge >= 0.3 is 0 Å². The molecule has 1 amide bonds. The first-order valence-corrected chi connectivity index (χ1v) is 14.8. The Labute approximate surface area is 249 Å². The van der Waals surface area contributed by atoms with Crippen LogP contribution in [0, 0.1) is 34.8 Å². The van der Waals surface area contributed by atoms with Crippen LogP contribution in [0.25, 0.3) is 0 Å². The average molecular weight is 597 g/mol. The smallest absolute Gasteiger partial charge is 0.238 e. The molecule has 2 N–H and O–H groups in total. The van der Waals surface area contributed by atoms with Crippen LogP contribution in [0.5, 0.6) is 0 Å².